The quantitative estimate of drug-likeness (QED) is 0.922. The Morgan fingerprint density at radius 1 is 1.38 bits per heavy atom. The largest absolute Gasteiger partial charge is 0.478 e. The lowest BCUT2D eigenvalue weighted by molar-refractivity contribution is -0.0220. The fraction of sp³-hybridized carbons (Fsp3) is 0.429. The predicted octanol–water partition coefficient (Wildman–Crippen LogP) is 3.07. The first-order chi connectivity index (χ1) is 9.85. The van der Waals surface area contributed by atoms with Crippen molar-refractivity contribution in [2.24, 2.45) is 0 Å². The molecule has 0 saturated carbocycles. The molecule has 0 atom stereocenters. The molecule has 0 radical (unpaired) electrons. The first kappa shape index (κ1) is 13.8. The van der Waals surface area contributed by atoms with Crippen LogP contribution < -0.4 is 4.90 Å². The second-order valence-corrected chi connectivity index (χ2v) is 5.22. The third kappa shape index (κ3) is 2.55. The second kappa shape index (κ2) is 4.68. The number of nitrogens with zero attached hydrogens (tertiary/aromatic N) is 2. The number of carbonyl (C=O) groups is 1. The Morgan fingerprint density at radius 2 is 2.05 bits per heavy atom. The van der Waals surface area contributed by atoms with Gasteiger partial charge in [-0.25, -0.2) is 18.6 Å². The van der Waals surface area contributed by atoms with E-state index in [2.05, 4.69) is 4.98 Å². The number of alkyl halides is 2. The molecule has 2 heterocycles. The molecule has 0 spiro atoms. The summed E-state index contributed by atoms with van der Waals surface area (Å²) in [5, 5.41) is 9.16. The number of rotatable bonds is 2. The predicted molar refractivity (Wildman–Crippen MR) is 72.1 cm³/mol. The van der Waals surface area contributed by atoms with Gasteiger partial charge in [-0.3, -0.25) is 0 Å². The highest BCUT2D eigenvalue weighted by Gasteiger charge is 2.35. The number of piperidine rings is 1. The summed E-state index contributed by atoms with van der Waals surface area (Å²) in [6.45, 7) is 1.98. The molecule has 7 heteroatoms. The van der Waals surface area contributed by atoms with Gasteiger partial charge in [0.05, 0.1) is 11.3 Å². The average Bonchev–Trinajstić information content (AvgIpc) is 2.78. The Kier molecular flexibility index (Phi) is 3.07. The maximum absolute atomic E-state index is 13.3. The molecule has 1 aliphatic heterocycles. The first-order valence-corrected chi connectivity index (χ1v) is 6.63. The van der Waals surface area contributed by atoms with Crippen molar-refractivity contribution in [3.8, 4) is 0 Å². The number of carboxylic acids is 1. The van der Waals surface area contributed by atoms with E-state index in [4.69, 9.17) is 9.52 Å². The van der Waals surface area contributed by atoms with Crippen LogP contribution in [0, 0.1) is 6.92 Å². The lowest BCUT2D eigenvalue weighted by Crippen LogP contribution is -2.39. The lowest BCUT2D eigenvalue weighted by atomic mass is 10.0. The van der Waals surface area contributed by atoms with Gasteiger partial charge >= 0.3 is 5.97 Å². The van der Waals surface area contributed by atoms with Crippen LogP contribution in [-0.2, 0) is 0 Å². The van der Waals surface area contributed by atoms with Gasteiger partial charge in [0.2, 0.25) is 0 Å². The Hall–Kier alpha value is -2.18. The molecule has 1 aliphatic rings. The fourth-order valence-electron chi connectivity index (χ4n) is 2.56. The zero-order chi connectivity index (χ0) is 15.2. The fourth-order valence-corrected chi connectivity index (χ4v) is 2.56. The number of hydrogen-bond acceptors (Lipinski definition) is 4. The molecule has 1 aromatic heterocycles. The summed E-state index contributed by atoms with van der Waals surface area (Å²) in [5.41, 5.74) is 1.46. The number of carboxylic acid groups (broad SMARTS) is 1. The number of aromatic carboxylic acids is 1. The molecule has 21 heavy (non-hydrogen) atoms. The molecule has 3 rings (SSSR count). The van der Waals surface area contributed by atoms with Gasteiger partial charge in [0.1, 0.15) is 5.52 Å². The van der Waals surface area contributed by atoms with Crippen molar-refractivity contribution in [2.75, 3.05) is 18.0 Å². The molecule has 5 nitrogen and oxygen atoms in total. The molecule has 2 aromatic rings. The van der Waals surface area contributed by atoms with Gasteiger partial charge < -0.3 is 14.4 Å². The summed E-state index contributed by atoms with van der Waals surface area (Å²) >= 11 is 0. The van der Waals surface area contributed by atoms with Gasteiger partial charge in [0.25, 0.3) is 5.92 Å². The number of hydrogen-bond donors (Lipinski definition) is 1. The summed E-state index contributed by atoms with van der Waals surface area (Å²) in [6, 6.07) is 2.88. The van der Waals surface area contributed by atoms with Gasteiger partial charge in [0.15, 0.2) is 11.5 Å². The first-order valence-electron chi connectivity index (χ1n) is 6.63. The number of oxazole rings is 1. The maximum Gasteiger partial charge on any atom is 0.335 e. The van der Waals surface area contributed by atoms with E-state index >= 15 is 0 Å². The highest BCUT2D eigenvalue weighted by Crippen LogP contribution is 2.35. The molecule has 112 valence electrons. The van der Waals surface area contributed by atoms with Crippen LogP contribution in [0.25, 0.3) is 11.1 Å². The third-order valence-corrected chi connectivity index (χ3v) is 3.66. The SMILES string of the molecule is Cc1nc2cc(C(=O)O)cc(N3CCC(F)(F)CC3)c2o1. The van der Waals surface area contributed by atoms with E-state index in [0.29, 0.717) is 22.7 Å². The van der Waals surface area contributed by atoms with E-state index < -0.39 is 11.9 Å². The standard InChI is InChI=1S/C14H14F2N2O3/c1-8-17-10-6-9(13(19)20)7-11(12(10)21-8)18-4-2-14(15,16)3-5-18/h6-7H,2-5H2,1H3,(H,19,20). The van der Waals surface area contributed by atoms with Crippen molar-refractivity contribution >= 4 is 22.8 Å². The smallest absolute Gasteiger partial charge is 0.335 e. The number of halogens is 2. The van der Waals surface area contributed by atoms with Crippen LogP contribution >= 0.6 is 0 Å². The van der Waals surface area contributed by atoms with E-state index in [-0.39, 0.29) is 31.5 Å². The Labute approximate surface area is 119 Å². The molecule has 1 N–H and O–H groups in total. The maximum atomic E-state index is 13.3. The summed E-state index contributed by atoms with van der Waals surface area (Å²) in [4.78, 5) is 17.1. The minimum absolute atomic E-state index is 0.0723. The van der Waals surface area contributed by atoms with Crippen LogP contribution in [0.4, 0.5) is 14.5 Å². The number of fused-ring (bicyclic) bond motifs is 1. The second-order valence-electron chi connectivity index (χ2n) is 5.22. The number of aromatic nitrogens is 1. The van der Waals surface area contributed by atoms with E-state index in [9.17, 15) is 13.6 Å². The van der Waals surface area contributed by atoms with E-state index in [1.54, 1.807) is 11.8 Å². The number of benzene rings is 1. The van der Waals surface area contributed by atoms with Crippen LogP contribution in [0.15, 0.2) is 16.5 Å². The van der Waals surface area contributed by atoms with E-state index in [0.717, 1.165) is 0 Å². The van der Waals surface area contributed by atoms with Crippen LogP contribution in [0.5, 0.6) is 0 Å². The van der Waals surface area contributed by atoms with Crippen molar-refractivity contribution in [3.63, 3.8) is 0 Å². The highest BCUT2D eigenvalue weighted by atomic mass is 19.3. The average molecular weight is 296 g/mol. The summed E-state index contributed by atoms with van der Waals surface area (Å²) in [5.74, 6) is -3.32. The Balaban J connectivity index is 2.06. The molecule has 0 aliphatic carbocycles. The molecule has 0 unspecified atom stereocenters. The van der Waals surface area contributed by atoms with Crippen molar-refractivity contribution in [2.45, 2.75) is 25.7 Å². The number of aryl methyl sites for hydroxylation is 1. The van der Waals surface area contributed by atoms with Gasteiger partial charge in [-0.1, -0.05) is 0 Å². The zero-order valence-electron chi connectivity index (χ0n) is 11.4. The summed E-state index contributed by atoms with van der Waals surface area (Å²) < 4.78 is 32.0. The van der Waals surface area contributed by atoms with E-state index in [1.807, 2.05) is 0 Å². The van der Waals surface area contributed by atoms with Crippen LogP contribution in [0.3, 0.4) is 0 Å². The highest BCUT2D eigenvalue weighted by molar-refractivity contribution is 5.97. The Morgan fingerprint density at radius 3 is 2.67 bits per heavy atom. The van der Waals surface area contributed by atoms with Crippen molar-refractivity contribution in [1.82, 2.24) is 4.98 Å². The molecule has 1 saturated heterocycles. The van der Waals surface area contributed by atoms with E-state index in [1.165, 1.54) is 12.1 Å². The zero-order valence-corrected chi connectivity index (χ0v) is 11.4. The lowest BCUT2D eigenvalue weighted by Gasteiger charge is -2.33. The summed E-state index contributed by atoms with van der Waals surface area (Å²) in [6.07, 6.45) is -0.502. The van der Waals surface area contributed by atoms with Gasteiger partial charge in [-0.2, -0.15) is 0 Å². The molecule has 0 amide bonds. The minimum Gasteiger partial charge on any atom is -0.478 e. The molecular formula is C14H14F2N2O3. The van der Waals surface area contributed by atoms with Crippen molar-refractivity contribution in [1.29, 1.82) is 0 Å². The van der Waals surface area contributed by atoms with Crippen LogP contribution in [0.1, 0.15) is 29.1 Å². The Bertz CT molecular complexity index is 702. The van der Waals surface area contributed by atoms with Crippen molar-refractivity contribution in [3.05, 3.63) is 23.6 Å². The third-order valence-electron chi connectivity index (χ3n) is 3.66. The molecule has 1 aromatic carbocycles. The molecule has 0 bridgehead atoms. The normalized spacial score (nSPS) is 18.1. The van der Waals surface area contributed by atoms with Gasteiger partial charge in [-0.05, 0) is 12.1 Å². The monoisotopic (exact) mass is 296 g/mol. The molecule has 1 fully saturated rings. The van der Waals surface area contributed by atoms with Crippen molar-refractivity contribution < 1.29 is 23.1 Å². The van der Waals surface area contributed by atoms with Gasteiger partial charge in [0, 0.05) is 32.9 Å². The van der Waals surface area contributed by atoms with Crippen LogP contribution in [-0.4, -0.2) is 35.1 Å². The number of anilines is 1. The van der Waals surface area contributed by atoms with Gasteiger partial charge in [-0.15, -0.1) is 0 Å². The summed E-state index contributed by atoms with van der Waals surface area (Å²) in [7, 11) is 0. The minimum atomic E-state index is -2.66. The molecular weight excluding hydrogens is 282 g/mol. The topological polar surface area (TPSA) is 66.6 Å². The van der Waals surface area contributed by atoms with Crippen LogP contribution in [0.2, 0.25) is 0 Å².